The molecule has 1 fully saturated rings. The van der Waals surface area contributed by atoms with Gasteiger partial charge in [0.1, 0.15) is 5.82 Å². The second kappa shape index (κ2) is 7.89. The molecular formula is C19H24N4OS. The number of pyridine rings is 1. The minimum atomic E-state index is -0.0949. The average Bonchev–Trinajstić information content (AvgIpc) is 2.63. The number of likely N-dealkylation sites (N-methyl/N-ethyl adjacent to an activating group) is 1. The van der Waals surface area contributed by atoms with Crippen LogP contribution < -0.4 is 10.2 Å². The van der Waals surface area contributed by atoms with Crippen molar-refractivity contribution in [1.29, 1.82) is 0 Å². The van der Waals surface area contributed by atoms with Gasteiger partial charge in [0.25, 0.3) is 5.91 Å². The third-order valence-corrected chi connectivity index (χ3v) is 5.25. The number of carbonyl (C=O) groups excluding carboxylic acids is 1. The molecule has 1 aliphatic rings. The molecule has 1 saturated heterocycles. The smallest absolute Gasteiger partial charge is 0.256 e. The van der Waals surface area contributed by atoms with Crippen molar-refractivity contribution in [1.82, 2.24) is 9.88 Å². The van der Waals surface area contributed by atoms with E-state index in [2.05, 4.69) is 27.1 Å². The van der Waals surface area contributed by atoms with E-state index in [1.807, 2.05) is 43.5 Å². The number of rotatable bonds is 4. The van der Waals surface area contributed by atoms with Crippen molar-refractivity contribution in [2.24, 2.45) is 0 Å². The number of carbonyl (C=O) groups is 1. The Morgan fingerprint density at radius 3 is 2.56 bits per heavy atom. The number of aromatic nitrogens is 1. The number of piperazine rings is 1. The topological polar surface area (TPSA) is 48.5 Å². The van der Waals surface area contributed by atoms with E-state index >= 15 is 0 Å². The lowest BCUT2D eigenvalue weighted by Gasteiger charge is -2.33. The van der Waals surface area contributed by atoms with E-state index in [1.54, 1.807) is 18.0 Å². The highest BCUT2D eigenvalue weighted by molar-refractivity contribution is 7.98. The highest BCUT2D eigenvalue weighted by Gasteiger charge is 2.15. The lowest BCUT2D eigenvalue weighted by atomic mass is 10.1. The van der Waals surface area contributed by atoms with E-state index in [0.29, 0.717) is 5.56 Å². The van der Waals surface area contributed by atoms with Gasteiger partial charge >= 0.3 is 0 Å². The molecule has 0 saturated carbocycles. The van der Waals surface area contributed by atoms with Gasteiger partial charge in [-0.2, -0.15) is 0 Å². The van der Waals surface area contributed by atoms with Crippen LogP contribution in [0.2, 0.25) is 0 Å². The van der Waals surface area contributed by atoms with Crippen molar-refractivity contribution < 1.29 is 4.79 Å². The van der Waals surface area contributed by atoms with Gasteiger partial charge in [-0.15, -0.1) is 11.8 Å². The molecule has 6 heteroatoms. The molecule has 2 aromatic rings. The van der Waals surface area contributed by atoms with E-state index in [1.165, 1.54) is 0 Å². The molecule has 0 bridgehead atoms. The van der Waals surface area contributed by atoms with E-state index in [-0.39, 0.29) is 5.91 Å². The van der Waals surface area contributed by atoms with Crippen LogP contribution in [0.3, 0.4) is 0 Å². The summed E-state index contributed by atoms with van der Waals surface area (Å²) in [6.07, 6.45) is 3.74. The first-order valence-electron chi connectivity index (χ1n) is 8.42. The van der Waals surface area contributed by atoms with Gasteiger partial charge in [-0.1, -0.05) is 6.07 Å². The Labute approximate surface area is 153 Å². The zero-order valence-electron chi connectivity index (χ0n) is 15.0. The van der Waals surface area contributed by atoms with Gasteiger partial charge < -0.3 is 15.1 Å². The van der Waals surface area contributed by atoms with Crippen LogP contribution in [0.25, 0.3) is 0 Å². The molecule has 0 unspecified atom stereocenters. The Morgan fingerprint density at radius 2 is 1.92 bits per heavy atom. The van der Waals surface area contributed by atoms with E-state index in [4.69, 9.17) is 0 Å². The van der Waals surface area contributed by atoms with Gasteiger partial charge in [0.15, 0.2) is 0 Å². The van der Waals surface area contributed by atoms with Crippen LogP contribution in [0.4, 0.5) is 11.5 Å². The molecule has 3 rings (SSSR count). The second-order valence-electron chi connectivity index (χ2n) is 6.33. The van der Waals surface area contributed by atoms with Gasteiger partial charge in [-0.3, -0.25) is 4.79 Å². The Morgan fingerprint density at radius 1 is 1.16 bits per heavy atom. The number of hydrogen-bond acceptors (Lipinski definition) is 5. The molecule has 1 aliphatic heterocycles. The maximum absolute atomic E-state index is 12.6. The number of thioether (sulfide) groups is 1. The maximum Gasteiger partial charge on any atom is 0.256 e. The average molecular weight is 356 g/mol. The number of anilines is 2. The third-order valence-electron chi connectivity index (χ3n) is 4.52. The summed E-state index contributed by atoms with van der Waals surface area (Å²) in [4.78, 5) is 22.8. The number of benzene rings is 1. The molecule has 0 atom stereocenters. The van der Waals surface area contributed by atoms with Crippen LogP contribution in [0.5, 0.6) is 0 Å². The molecule has 132 valence electrons. The second-order valence-corrected chi connectivity index (χ2v) is 7.21. The van der Waals surface area contributed by atoms with Crippen LogP contribution >= 0.6 is 11.8 Å². The molecule has 0 aliphatic carbocycles. The van der Waals surface area contributed by atoms with Crippen molar-refractivity contribution >= 4 is 29.2 Å². The van der Waals surface area contributed by atoms with Crippen LogP contribution in [0.15, 0.2) is 41.4 Å². The zero-order valence-corrected chi connectivity index (χ0v) is 15.8. The molecule has 0 radical (unpaired) electrons. The van der Waals surface area contributed by atoms with Gasteiger partial charge in [0.2, 0.25) is 0 Å². The Balaban J connectivity index is 1.68. The van der Waals surface area contributed by atoms with Gasteiger partial charge in [-0.05, 0) is 50.1 Å². The summed E-state index contributed by atoms with van der Waals surface area (Å²) in [5.41, 5.74) is 2.39. The van der Waals surface area contributed by atoms with E-state index in [0.717, 1.165) is 48.1 Å². The Hall–Kier alpha value is -2.05. The monoisotopic (exact) mass is 356 g/mol. The molecule has 1 aromatic carbocycles. The normalized spacial score (nSPS) is 15.2. The van der Waals surface area contributed by atoms with Crippen molar-refractivity contribution in [3.63, 3.8) is 0 Å². The number of nitrogens with one attached hydrogen (secondary N) is 1. The van der Waals surface area contributed by atoms with E-state index in [9.17, 15) is 4.79 Å². The minimum Gasteiger partial charge on any atom is -0.354 e. The highest BCUT2D eigenvalue weighted by atomic mass is 32.2. The van der Waals surface area contributed by atoms with Crippen molar-refractivity contribution in [2.75, 3.05) is 49.7 Å². The molecule has 2 heterocycles. The zero-order chi connectivity index (χ0) is 17.8. The lowest BCUT2D eigenvalue weighted by Crippen LogP contribution is -2.44. The largest absolute Gasteiger partial charge is 0.354 e. The van der Waals surface area contributed by atoms with Crippen molar-refractivity contribution in [2.45, 2.75) is 11.8 Å². The molecular weight excluding hydrogens is 332 g/mol. The molecule has 5 nitrogen and oxygen atoms in total. The quantitative estimate of drug-likeness (QED) is 0.853. The standard InChI is InChI=1S/C19H24N4OS/c1-14-4-6-16(25-3)12-17(14)19(24)21-15-5-7-18(20-13-15)23-10-8-22(2)9-11-23/h4-7,12-13H,8-11H2,1-3H3,(H,21,24). The van der Waals surface area contributed by atoms with Gasteiger partial charge in [-0.25, -0.2) is 4.98 Å². The summed E-state index contributed by atoms with van der Waals surface area (Å²) in [5.74, 6) is 0.870. The first kappa shape index (κ1) is 17.8. The fourth-order valence-electron chi connectivity index (χ4n) is 2.85. The fourth-order valence-corrected chi connectivity index (χ4v) is 3.29. The molecule has 1 amide bonds. The number of nitrogens with zero attached hydrogens (tertiary/aromatic N) is 3. The van der Waals surface area contributed by atoms with Crippen LogP contribution in [-0.2, 0) is 0 Å². The first-order valence-corrected chi connectivity index (χ1v) is 9.65. The minimum absolute atomic E-state index is 0.0949. The third kappa shape index (κ3) is 4.32. The van der Waals surface area contributed by atoms with Crippen molar-refractivity contribution in [3.8, 4) is 0 Å². The van der Waals surface area contributed by atoms with Crippen molar-refractivity contribution in [3.05, 3.63) is 47.7 Å². The predicted octanol–water partition coefficient (Wildman–Crippen LogP) is 3.12. The summed E-state index contributed by atoms with van der Waals surface area (Å²) in [5, 5.41) is 2.95. The van der Waals surface area contributed by atoms with Crippen LogP contribution in [-0.4, -0.2) is 55.3 Å². The van der Waals surface area contributed by atoms with Gasteiger partial charge in [0.05, 0.1) is 11.9 Å². The molecule has 1 N–H and O–H groups in total. The molecule has 25 heavy (non-hydrogen) atoms. The number of hydrogen-bond donors (Lipinski definition) is 1. The fraction of sp³-hybridized carbons (Fsp3) is 0.368. The predicted molar refractivity (Wildman–Crippen MR) is 105 cm³/mol. The van der Waals surface area contributed by atoms with Crippen LogP contribution in [0.1, 0.15) is 15.9 Å². The molecule has 1 aromatic heterocycles. The molecule has 0 spiro atoms. The Bertz CT molecular complexity index is 740. The maximum atomic E-state index is 12.6. The number of amides is 1. The van der Waals surface area contributed by atoms with Crippen LogP contribution in [0, 0.1) is 6.92 Å². The summed E-state index contributed by atoms with van der Waals surface area (Å²) in [6.45, 7) is 6.01. The number of aryl methyl sites for hydroxylation is 1. The summed E-state index contributed by atoms with van der Waals surface area (Å²) < 4.78 is 0. The van der Waals surface area contributed by atoms with Gasteiger partial charge in [0, 0.05) is 36.6 Å². The van der Waals surface area contributed by atoms with E-state index < -0.39 is 0 Å². The summed E-state index contributed by atoms with van der Waals surface area (Å²) in [7, 11) is 2.14. The highest BCUT2D eigenvalue weighted by Crippen LogP contribution is 2.21. The summed E-state index contributed by atoms with van der Waals surface area (Å²) >= 11 is 1.63. The Kier molecular flexibility index (Phi) is 5.60. The summed E-state index contributed by atoms with van der Waals surface area (Å²) in [6, 6.07) is 9.85. The first-order chi connectivity index (χ1) is 12.1. The lowest BCUT2D eigenvalue weighted by molar-refractivity contribution is 0.102. The SMILES string of the molecule is CSc1ccc(C)c(C(=O)Nc2ccc(N3CCN(C)CC3)nc2)c1.